The van der Waals surface area contributed by atoms with Gasteiger partial charge in [-0.25, -0.2) is 18.1 Å². The van der Waals surface area contributed by atoms with Gasteiger partial charge in [0.15, 0.2) is 6.10 Å². The van der Waals surface area contributed by atoms with E-state index in [0.717, 1.165) is 11.8 Å². The Morgan fingerprint density at radius 2 is 1.54 bits per heavy atom. The minimum Gasteiger partial charge on any atom is -0.469 e. The second-order valence-electron chi connectivity index (χ2n) is 12.4. The number of nitrogens with zero attached hydrogens (tertiary/aromatic N) is 7. The van der Waals surface area contributed by atoms with Crippen LogP contribution in [0.2, 0.25) is 0 Å². The van der Waals surface area contributed by atoms with E-state index < -0.39 is 70.8 Å². The second kappa shape index (κ2) is 15.9. The van der Waals surface area contributed by atoms with Crippen molar-refractivity contribution >= 4 is 29.6 Å². The summed E-state index contributed by atoms with van der Waals surface area (Å²) in [5.74, 6) is -2.46. The normalized spacial score (nSPS) is 26.2. The number of benzene rings is 2. The number of likely N-dealkylation sites (tertiary alicyclic amines) is 1. The molecule has 0 bridgehead atoms. The van der Waals surface area contributed by atoms with E-state index in [4.69, 9.17) is 18.9 Å². The molecule has 2 aliphatic rings. The van der Waals surface area contributed by atoms with Crippen molar-refractivity contribution < 1.29 is 47.2 Å². The molecule has 18 heteroatoms. The van der Waals surface area contributed by atoms with Crippen molar-refractivity contribution in [2.24, 2.45) is 0 Å². The summed E-state index contributed by atoms with van der Waals surface area (Å²) in [7, 11) is 2.64. The molecule has 2 aromatic heterocycles. The van der Waals surface area contributed by atoms with E-state index >= 15 is 0 Å². The third-order valence-electron chi connectivity index (χ3n) is 9.03. The van der Waals surface area contributed by atoms with Crippen molar-refractivity contribution in [3.05, 3.63) is 72.6 Å². The first-order valence-corrected chi connectivity index (χ1v) is 17.3. The number of rotatable bonds is 10. The third kappa shape index (κ3) is 7.99. The number of aliphatic hydroxyl groups is 1. The molecule has 4 aromatic rings. The number of aliphatic hydroxyl groups excluding tert-OH is 1. The van der Waals surface area contributed by atoms with Gasteiger partial charge in [0.1, 0.15) is 46.7 Å². The standard InChI is InChI=1S/C34H37F2N7O8S/c1-18(44)41-16-26(42-14-24(37-39-42)20-7-5-9-22(35)11-20)31(47)28(17-41)52-34-33(49-4)30(32(50-19(2)45)27(51-34)13-29(46)48-3)43-15-25(38-40-43)21-8-6-10-23(36)12-21/h5-12,14-15,26-28,30-34,47H,13,16-17H2,1-4H3/t26-,27+,28+,30-,31+,32-,33+,34-/m0/s1. The predicted molar refractivity (Wildman–Crippen MR) is 180 cm³/mol. The van der Waals surface area contributed by atoms with E-state index in [1.54, 1.807) is 35.5 Å². The van der Waals surface area contributed by atoms with Gasteiger partial charge < -0.3 is 29.0 Å². The van der Waals surface area contributed by atoms with Crippen molar-refractivity contribution in [2.75, 3.05) is 27.3 Å². The summed E-state index contributed by atoms with van der Waals surface area (Å²) in [5.41, 5.74) is 0.695. The number of thioether (sulfide) groups is 1. The Kier molecular flexibility index (Phi) is 11.3. The van der Waals surface area contributed by atoms with E-state index in [0.29, 0.717) is 22.5 Å². The summed E-state index contributed by atoms with van der Waals surface area (Å²) < 4.78 is 54.1. The zero-order valence-corrected chi connectivity index (χ0v) is 29.4. The average Bonchev–Trinajstić information content (AvgIpc) is 3.81. The molecule has 6 rings (SSSR count). The molecule has 52 heavy (non-hydrogen) atoms. The average molecular weight is 742 g/mol. The second-order valence-corrected chi connectivity index (χ2v) is 13.8. The Morgan fingerprint density at radius 3 is 2.10 bits per heavy atom. The molecule has 2 fully saturated rings. The molecule has 1 amide bonds. The molecule has 4 heterocycles. The molecule has 2 aliphatic heterocycles. The quantitative estimate of drug-likeness (QED) is 0.236. The van der Waals surface area contributed by atoms with Gasteiger partial charge in [0, 0.05) is 45.2 Å². The molecule has 1 N–H and O–H groups in total. The van der Waals surface area contributed by atoms with Crippen LogP contribution in [0.15, 0.2) is 60.9 Å². The van der Waals surface area contributed by atoms with E-state index in [-0.39, 0.29) is 25.4 Å². The lowest BCUT2D eigenvalue weighted by Crippen LogP contribution is -2.58. The lowest BCUT2D eigenvalue weighted by atomic mass is 9.94. The SMILES string of the molecule is COC(=O)C[C@H]1O[C@@H](S[C@@H]2CN(C(C)=O)C[C@H](n3cc(-c4cccc(F)c4)nn3)[C@H]2O)[C@H](OC)[C@@H](n2cc(-c3cccc(F)c3)nn2)[C@H]1OC(C)=O. The van der Waals surface area contributed by atoms with Crippen molar-refractivity contribution in [1.82, 2.24) is 34.9 Å². The summed E-state index contributed by atoms with van der Waals surface area (Å²) in [6.45, 7) is 2.86. The van der Waals surface area contributed by atoms with Crippen molar-refractivity contribution in [2.45, 2.75) is 67.5 Å². The largest absolute Gasteiger partial charge is 0.469 e. The van der Waals surface area contributed by atoms with Crippen LogP contribution in [0.1, 0.15) is 32.4 Å². The van der Waals surface area contributed by atoms with Gasteiger partial charge >= 0.3 is 11.9 Å². The number of hydrogen-bond donors (Lipinski definition) is 1. The molecule has 0 aliphatic carbocycles. The third-order valence-corrected chi connectivity index (χ3v) is 10.5. The zero-order chi connectivity index (χ0) is 37.1. The number of halogens is 2. The van der Waals surface area contributed by atoms with E-state index in [2.05, 4.69) is 20.6 Å². The molecule has 276 valence electrons. The zero-order valence-electron chi connectivity index (χ0n) is 28.6. The first kappa shape index (κ1) is 37.0. The van der Waals surface area contributed by atoms with Gasteiger partial charge in [-0.05, 0) is 24.3 Å². The number of hydrogen-bond acceptors (Lipinski definition) is 13. The minimum atomic E-state index is -1.13. The summed E-state index contributed by atoms with van der Waals surface area (Å²) in [5, 5.41) is 28.1. The maximum absolute atomic E-state index is 14.1. The monoisotopic (exact) mass is 741 g/mol. The Balaban J connectivity index is 1.34. The fraction of sp³-hybridized carbons (Fsp3) is 0.441. The van der Waals surface area contributed by atoms with Crippen LogP contribution in [-0.2, 0) is 33.3 Å². The van der Waals surface area contributed by atoms with Gasteiger partial charge in [0.25, 0.3) is 0 Å². The highest BCUT2D eigenvalue weighted by molar-refractivity contribution is 8.00. The Labute approximate surface area is 301 Å². The molecule has 0 radical (unpaired) electrons. The molecule has 0 unspecified atom stereocenters. The van der Waals surface area contributed by atoms with Gasteiger partial charge in [-0.15, -0.1) is 22.0 Å². The maximum Gasteiger partial charge on any atom is 0.308 e. The number of carbonyl (C=O) groups is 3. The first-order chi connectivity index (χ1) is 24.9. The summed E-state index contributed by atoms with van der Waals surface area (Å²) in [6, 6.07) is 9.96. The van der Waals surface area contributed by atoms with Crippen LogP contribution >= 0.6 is 11.8 Å². The molecule has 2 saturated heterocycles. The summed E-state index contributed by atoms with van der Waals surface area (Å²) in [6.07, 6.45) is -1.44. The van der Waals surface area contributed by atoms with Gasteiger partial charge in [0.2, 0.25) is 5.91 Å². The summed E-state index contributed by atoms with van der Waals surface area (Å²) >= 11 is 1.16. The molecule has 15 nitrogen and oxygen atoms in total. The number of ether oxygens (including phenoxy) is 4. The number of aromatic nitrogens is 6. The molecule has 0 spiro atoms. The van der Waals surface area contributed by atoms with Crippen LogP contribution in [0, 0.1) is 11.6 Å². The lowest BCUT2D eigenvalue weighted by molar-refractivity contribution is -0.202. The van der Waals surface area contributed by atoms with Crippen molar-refractivity contribution in [1.29, 1.82) is 0 Å². The van der Waals surface area contributed by atoms with Crippen LogP contribution in [0.25, 0.3) is 22.5 Å². The highest BCUT2D eigenvalue weighted by Crippen LogP contribution is 2.43. The highest BCUT2D eigenvalue weighted by atomic mass is 32.2. The smallest absolute Gasteiger partial charge is 0.308 e. The number of carbonyl (C=O) groups excluding carboxylic acids is 3. The van der Waals surface area contributed by atoms with Crippen LogP contribution in [0.4, 0.5) is 8.78 Å². The first-order valence-electron chi connectivity index (χ1n) is 16.3. The minimum absolute atomic E-state index is 0.114. The van der Waals surface area contributed by atoms with Crippen LogP contribution in [0.5, 0.6) is 0 Å². The maximum atomic E-state index is 14.1. The Hall–Kier alpha value is -4.78. The number of methoxy groups -OCH3 is 2. The Morgan fingerprint density at radius 1 is 0.923 bits per heavy atom. The predicted octanol–water partition coefficient (Wildman–Crippen LogP) is 2.82. The molecule has 2 aromatic carbocycles. The van der Waals surface area contributed by atoms with Gasteiger partial charge in [-0.3, -0.25) is 14.4 Å². The van der Waals surface area contributed by atoms with E-state index in [1.165, 1.54) is 67.8 Å². The highest BCUT2D eigenvalue weighted by Gasteiger charge is 2.52. The fourth-order valence-corrected chi connectivity index (χ4v) is 8.09. The van der Waals surface area contributed by atoms with Crippen LogP contribution < -0.4 is 0 Å². The fourth-order valence-electron chi connectivity index (χ4n) is 6.50. The van der Waals surface area contributed by atoms with Crippen molar-refractivity contribution in [3.8, 4) is 22.5 Å². The van der Waals surface area contributed by atoms with Gasteiger partial charge in [0.05, 0.1) is 43.3 Å². The number of esters is 2. The van der Waals surface area contributed by atoms with Gasteiger partial charge in [-0.2, -0.15) is 0 Å². The van der Waals surface area contributed by atoms with E-state index in [9.17, 15) is 28.3 Å². The summed E-state index contributed by atoms with van der Waals surface area (Å²) in [4.78, 5) is 39.4. The van der Waals surface area contributed by atoms with Gasteiger partial charge in [-0.1, -0.05) is 34.7 Å². The number of piperidine rings is 1. The molecular formula is C34H37F2N7O8S. The van der Waals surface area contributed by atoms with Crippen LogP contribution in [-0.4, -0.2) is 120 Å². The van der Waals surface area contributed by atoms with E-state index in [1.807, 2.05) is 0 Å². The lowest BCUT2D eigenvalue weighted by Gasteiger charge is -2.47. The molecule has 8 atom stereocenters. The topological polar surface area (TPSA) is 173 Å². The molecule has 0 saturated carbocycles. The molecular weight excluding hydrogens is 704 g/mol. The van der Waals surface area contributed by atoms with Crippen molar-refractivity contribution in [3.63, 3.8) is 0 Å². The number of amides is 1. The van der Waals surface area contributed by atoms with Crippen LogP contribution in [0.3, 0.4) is 0 Å². The Bertz CT molecular complexity index is 1910.